The highest BCUT2D eigenvalue weighted by Crippen LogP contribution is 2.30. The lowest BCUT2D eigenvalue weighted by Gasteiger charge is -2.33. The zero-order valence-electron chi connectivity index (χ0n) is 14.3. The van der Waals surface area contributed by atoms with E-state index in [0.717, 1.165) is 37.3 Å². The Hall–Kier alpha value is -2.60. The monoisotopic (exact) mass is 369 g/mol. The van der Waals surface area contributed by atoms with Gasteiger partial charge in [0.1, 0.15) is 10.8 Å². The predicted molar refractivity (Wildman–Crippen MR) is 102 cm³/mol. The molecular weight excluding hydrogens is 350 g/mol. The van der Waals surface area contributed by atoms with Gasteiger partial charge in [-0.2, -0.15) is 5.10 Å². The number of rotatable bonds is 4. The molecule has 3 aromatic rings. The summed E-state index contributed by atoms with van der Waals surface area (Å²) in [4.78, 5) is 22.4. The summed E-state index contributed by atoms with van der Waals surface area (Å²) < 4.78 is 1.41. The average molecular weight is 370 g/mol. The van der Waals surface area contributed by atoms with Crippen LogP contribution in [0.5, 0.6) is 0 Å². The topological polar surface area (TPSA) is 66.8 Å². The van der Waals surface area contributed by atoms with Crippen molar-refractivity contribution in [1.82, 2.24) is 19.7 Å². The van der Waals surface area contributed by atoms with E-state index in [1.54, 1.807) is 12.4 Å². The van der Waals surface area contributed by atoms with Gasteiger partial charge in [0, 0.05) is 31.4 Å². The molecule has 0 spiro atoms. The van der Waals surface area contributed by atoms with Crippen LogP contribution in [0.25, 0.3) is 0 Å². The lowest BCUT2D eigenvalue weighted by molar-refractivity contribution is 0.492. The van der Waals surface area contributed by atoms with Crippen LogP contribution >= 0.6 is 11.6 Å². The Morgan fingerprint density at radius 1 is 1.27 bits per heavy atom. The first-order valence-electron chi connectivity index (χ1n) is 8.76. The number of halogens is 1. The predicted octanol–water partition coefficient (Wildman–Crippen LogP) is 3.05. The molecule has 1 unspecified atom stereocenters. The molecule has 7 heteroatoms. The van der Waals surface area contributed by atoms with Gasteiger partial charge in [0.05, 0.1) is 18.4 Å². The molecule has 1 N–H and O–H groups in total. The summed E-state index contributed by atoms with van der Waals surface area (Å²) in [5.41, 5.74) is 1.46. The van der Waals surface area contributed by atoms with Gasteiger partial charge in [-0.1, -0.05) is 41.9 Å². The maximum Gasteiger partial charge on any atom is 0.287 e. The quantitative estimate of drug-likeness (QED) is 0.767. The summed E-state index contributed by atoms with van der Waals surface area (Å²) >= 11 is 6.43. The number of aromatic nitrogens is 4. The summed E-state index contributed by atoms with van der Waals surface area (Å²) in [6.07, 6.45) is 7.41. The number of hydrogen-bond donors (Lipinski definition) is 1. The van der Waals surface area contributed by atoms with Crippen LogP contribution in [0.4, 0.5) is 5.69 Å². The van der Waals surface area contributed by atoms with Crippen LogP contribution < -0.4 is 10.5 Å². The van der Waals surface area contributed by atoms with Crippen LogP contribution in [0.3, 0.4) is 0 Å². The van der Waals surface area contributed by atoms with Crippen LogP contribution in [-0.2, 0) is 6.54 Å². The Morgan fingerprint density at radius 2 is 2.12 bits per heavy atom. The van der Waals surface area contributed by atoms with Crippen molar-refractivity contribution in [3.8, 4) is 0 Å². The minimum Gasteiger partial charge on any atom is -0.368 e. The number of H-pyrrole nitrogens is 1. The van der Waals surface area contributed by atoms with Crippen LogP contribution in [-0.4, -0.2) is 32.8 Å². The first kappa shape index (κ1) is 16.8. The molecule has 0 amide bonds. The summed E-state index contributed by atoms with van der Waals surface area (Å²) in [6.45, 7) is 2.05. The molecule has 1 atom stereocenters. The molecule has 4 rings (SSSR count). The summed E-state index contributed by atoms with van der Waals surface area (Å²) in [7, 11) is 0. The standard InChI is InChI=1S/C19H20ClN5O/c20-17-16(24-10-4-7-15(13-24)18-21-8-9-22-18)11-23-25(19(17)26)12-14-5-2-1-3-6-14/h1-3,5-6,8-9,11,15H,4,7,10,12-13H2,(H,21,22). The highest BCUT2D eigenvalue weighted by atomic mass is 35.5. The highest BCUT2D eigenvalue weighted by molar-refractivity contribution is 6.33. The van der Waals surface area contributed by atoms with Crippen LogP contribution in [0, 0.1) is 0 Å². The van der Waals surface area contributed by atoms with Crippen molar-refractivity contribution >= 4 is 17.3 Å². The zero-order valence-corrected chi connectivity index (χ0v) is 15.1. The van der Waals surface area contributed by atoms with Gasteiger partial charge in [-0.05, 0) is 18.4 Å². The van der Waals surface area contributed by atoms with E-state index >= 15 is 0 Å². The van der Waals surface area contributed by atoms with E-state index in [4.69, 9.17) is 11.6 Å². The van der Waals surface area contributed by atoms with Crippen molar-refractivity contribution < 1.29 is 0 Å². The molecule has 1 aliphatic heterocycles. The zero-order chi connectivity index (χ0) is 17.9. The second-order valence-corrected chi connectivity index (χ2v) is 6.93. The smallest absolute Gasteiger partial charge is 0.287 e. The second kappa shape index (κ2) is 7.33. The van der Waals surface area contributed by atoms with Crippen molar-refractivity contribution in [3.05, 3.63) is 75.7 Å². The summed E-state index contributed by atoms with van der Waals surface area (Å²) in [6, 6.07) is 9.77. The Kier molecular flexibility index (Phi) is 4.75. The molecule has 0 saturated carbocycles. The van der Waals surface area contributed by atoms with Crippen LogP contribution in [0.1, 0.15) is 30.1 Å². The molecule has 1 fully saturated rings. The number of nitrogens with zero attached hydrogens (tertiary/aromatic N) is 4. The Bertz CT molecular complexity index is 923. The Morgan fingerprint density at radius 3 is 2.88 bits per heavy atom. The van der Waals surface area contributed by atoms with Gasteiger partial charge in [0.2, 0.25) is 0 Å². The molecule has 26 heavy (non-hydrogen) atoms. The van der Waals surface area contributed by atoms with E-state index in [9.17, 15) is 4.79 Å². The van der Waals surface area contributed by atoms with E-state index < -0.39 is 0 Å². The third kappa shape index (κ3) is 3.37. The maximum atomic E-state index is 12.7. The normalized spacial score (nSPS) is 17.4. The highest BCUT2D eigenvalue weighted by Gasteiger charge is 2.25. The van der Waals surface area contributed by atoms with E-state index in [1.807, 2.05) is 36.5 Å². The summed E-state index contributed by atoms with van der Waals surface area (Å²) in [5.74, 6) is 1.29. The number of benzene rings is 1. The molecular formula is C19H20ClN5O. The van der Waals surface area contributed by atoms with Gasteiger partial charge in [-0.3, -0.25) is 4.79 Å². The molecule has 0 bridgehead atoms. The van der Waals surface area contributed by atoms with Gasteiger partial charge in [-0.25, -0.2) is 9.67 Å². The number of hydrogen-bond acceptors (Lipinski definition) is 4. The minimum absolute atomic E-state index is 0.232. The van der Waals surface area contributed by atoms with Gasteiger partial charge in [0.15, 0.2) is 0 Å². The Balaban J connectivity index is 1.57. The third-order valence-electron chi connectivity index (χ3n) is 4.81. The van der Waals surface area contributed by atoms with Gasteiger partial charge < -0.3 is 9.88 Å². The van der Waals surface area contributed by atoms with E-state index in [0.29, 0.717) is 18.2 Å². The fourth-order valence-corrected chi connectivity index (χ4v) is 3.73. The summed E-state index contributed by atoms with van der Waals surface area (Å²) in [5, 5.41) is 4.58. The van der Waals surface area contributed by atoms with E-state index in [2.05, 4.69) is 20.0 Å². The molecule has 3 heterocycles. The van der Waals surface area contributed by atoms with Crippen molar-refractivity contribution in [2.75, 3.05) is 18.0 Å². The van der Waals surface area contributed by atoms with Crippen molar-refractivity contribution in [1.29, 1.82) is 0 Å². The molecule has 2 aromatic heterocycles. The van der Waals surface area contributed by atoms with Crippen LogP contribution in [0.15, 0.2) is 53.7 Å². The van der Waals surface area contributed by atoms with E-state index in [-0.39, 0.29) is 10.6 Å². The number of imidazole rings is 1. The molecule has 0 aliphatic carbocycles. The lowest BCUT2D eigenvalue weighted by atomic mass is 9.97. The lowest BCUT2D eigenvalue weighted by Crippen LogP contribution is -2.37. The Labute approximate surface area is 156 Å². The molecule has 1 aromatic carbocycles. The fraction of sp³-hybridized carbons (Fsp3) is 0.316. The number of anilines is 1. The van der Waals surface area contributed by atoms with Gasteiger partial charge >= 0.3 is 0 Å². The average Bonchev–Trinajstić information content (AvgIpc) is 3.21. The van der Waals surface area contributed by atoms with Gasteiger partial charge in [0.25, 0.3) is 5.56 Å². The van der Waals surface area contributed by atoms with Crippen molar-refractivity contribution in [3.63, 3.8) is 0 Å². The molecule has 0 radical (unpaired) electrons. The number of piperidine rings is 1. The molecule has 1 aliphatic rings. The number of nitrogens with one attached hydrogen (secondary N) is 1. The number of aromatic amines is 1. The van der Waals surface area contributed by atoms with E-state index in [1.165, 1.54) is 4.68 Å². The van der Waals surface area contributed by atoms with Crippen molar-refractivity contribution in [2.24, 2.45) is 0 Å². The minimum atomic E-state index is -0.256. The van der Waals surface area contributed by atoms with Gasteiger partial charge in [-0.15, -0.1) is 0 Å². The molecule has 1 saturated heterocycles. The van der Waals surface area contributed by atoms with Crippen molar-refractivity contribution in [2.45, 2.75) is 25.3 Å². The fourth-order valence-electron chi connectivity index (χ4n) is 3.47. The second-order valence-electron chi connectivity index (χ2n) is 6.55. The van der Waals surface area contributed by atoms with Crippen LogP contribution in [0.2, 0.25) is 5.02 Å². The molecule has 6 nitrogen and oxygen atoms in total. The third-order valence-corrected chi connectivity index (χ3v) is 5.17. The first-order valence-corrected chi connectivity index (χ1v) is 9.14. The maximum absolute atomic E-state index is 12.7. The SMILES string of the molecule is O=c1c(Cl)c(N2CCCC(c3ncc[nH]3)C2)cnn1Cc1ccccc1. The first-order chi connectivity index (χ1) is 12.7. The molecule has 134 valence electrons. The largest absolute Gasteiger partial charge is 0.368 e.